The molecule has 16 heavy (non-hydrogen) atoms. The first-order valence-corrected chi connectivity index (χ1v) is 6.13. The van der Waals surface area contributed by atoms with Gasteiger partial charge in [-0.25, -0.2) is 0 Å². The number of nitrogens with one attached hydrogen (secondary N) is 1. The molecule has 0 radical (unpaired) electrons. The van der Waals surface area contributed by atoms with Gasteiger partial charge in [0.25, 0.3) is 0 Å². The maximum atomic E-state index is 11.6. The summed E-state index contributed by atoms with van der Waals surface area (Å²) in [6.07, 6.45) is 3.79. The molecule has 1 atom stereocenters. The number of hydrogen-bond acceptors (Lipinski definition) is 3. The summed E-state index contributed by atoms with van der Waals surface area (Å²) < 4.78 is 0. The number of rotatable bonds is 6. The number of nitrogens with two attached hydrogens (primary N) is 1. The number of amides is 1. The molecule has 1 aliphatic rings. The highest BCUT2D eigenvalue weighted by molar-refractivity contribution is 5.84. The highest BCUT2D eigenvalue weighted by Gasteiger charge is 2.35. The third-order valence-electron chi connectivity index (χ3n) is 3.41. The summed E-state index contributed by atoms with van der Waals surface area (Å²) >= 11 is 0. The summed E-state index contributed by atoms with van der Waals surface area (Å²) in [5.41, 5.74) is 4.87. The molecule has 0 aliphatic heterocycles. The van der Waals surface area contributed by atoms with E-state index in [1.54, 1.807) is 0 Å². The number of carbonyl (C=O) groups excluding carboxylic acids is 1. The normalized spacial score (nSPS) is 20.9. The van der Waals surface area contributed by atoms with Crippen LogP contribution in [0.2, 0.25) is 0 Å². The average molecular weight is 227 g/mol. The largest absolute Gasteiger partial charge is 0.368 e. The molecule has 0 aromatic rings. The third kappa shape index (κ3) is 3.19. The molecule has 4 heteroatoms. The summed E-state index contributed by atoms with van der Waals surface area (Å²) in [6, 6.07) is 0.889. The molecule has 0 saturated heterocycles. The summed E-state index contributed by atoms with van der Waals surface area (Å²) in [5, 5.41) is 3.27. The molecule has 4 nitrogen and oxygen atoms in total. The molecule has 1 amide bonds. The summed E-state index contributed by atoms with van der Waals surface area (Å²) in [4.78, 5) is 13.8. The second kappa shape index (κ2) is 5.15. The number of nitrogens with zero attached hydrogens (tertiary/aromatic N) is 1. The molecule has 94 valence electrons. The van der Waals surface area contributed by atoms with E-state index in [-0.39, 0.29) is 11.9 Å². The first-order valence-electron chi connectivity index (χ1n) is 6.13. The average Bonchev–Trinajstić information content (AvgIpc) is 1.97. The SMILES string of the molecule is CC(C)NC(C)(CN(C)C1CCC1)C(N)=O. The lowest BCUT2D eigenvalue weighted by molar-refractivity contribution is -0.125. The van der Waals surface area contributed by atoms with Crippen LogP contribution in [0.3, 0.4) is 0 Å². The monoisotopic (exact) mass is 227 g/mol. The summed E-state index contributed by atoms with van der Waals surface area (Å²) in [5.74, 6) is -0.271. The van der Waals surface area contributed by atoms with Crippen LogP contribution in [0, 0.1) is 0 Å². The topological polar surface area (TPSA) is 58.4 Å². The lowest BCUT2D eigenvalue weighted by atomic mass is 9.90. The van der Waals surface area contributed by atoms with Crippen molar-refractivity contribution in [2.24, 2.45) is 5.73 Å². The van der Waals surface area contributed by atoms with Crippen LogP contribution in [0.5, 0.6) is 0 Å². The van der Waals surface area contributed by atoms with Crippen molar-refractivity contribution in [2.75, 3.05) is 13.6 Å². The lowest BCUT2D eigenvalue weighted by Crippen LogP contribution is -2.62. The van der Waals surface area contributed by atoms with Gasteiger partial charge in [-0.1, -0.05) is 6.42 Å². The molecule has 3 N–H and O–H groups in total. The highest BCUT2D eigenvalue weighted by atomic mass is 16.1. The van der Waals surface area contributed by atoms with E-state index >= 15 is 0 Å². The number of hydrogen-bond donors (Lipinski definition) is 2. The Kier molecular flexibility index (Phi) is 4.33. The Balaban J connectivity index is 2.58. The van der Waals surface area contributed by atoms with Crippen molar-refractivity contribution in [1.29, 1.82) is 0 Å². The summed E-state index contributed by atoms with van der Waals surface area (Å²) in [6.45, 7) is 6.64. The Bertz CT molecular complexity index is 251. The fourth-order valence-corrected chi connectivity index (χ4v) is 2.29. The second-order valence-electron chi connectivity index (χ2n) is 5.50. The maximum Gasteiger partial charge on any atom is 0.238 e. The van der Waals surface area contributed by atoms with Crippen LogP contribution in [0.4, 0.5) is 0 Å². The fourth-order valence-electron chi connectivity index (χ4n) is 2.29. The minimum absolute atomic E-state index is 0.257. The molecule has 0 aromatic carbocycles. The van der Waals surface area contributed by atoms with Crippen molar-refractivity contribution < 1.29 is 4.79 Å². The van der Waals surface area contributed by atoms with E-state index in [4.69, 9.17) is 5.73 Å². The molecular formula is C12H25N3O. The Hall–Kier alpha value is -0.610. The van der Waals surface area contributed by atoms with E-state index in [2.05, 4.69) is 17.3 Å². The van der Waals surface area contributed by atoms with Crippen molar-refractivity contribution >= 4 is 5.91 Å². The van der Waals surface area contributed by atoms with Crippen LogP contribution in [-0.4, -0.2) is 42.0 Å². The molecule has 0 spiro atoms. The minimum atomic E-state index is -0.626. The predicted molar refractivity (Wildman–Crippen MR) is 66.1 cm³/mol. The molecular weight excluding hydrogens is 202 g/mol. The first kappa shape index (κ1) is 13.5. The van der Waals surface area contributed by atoms with E-state index in [1.807, 2.05) is 20.8 Å². The molecule has 1 rings (SSSR count). The fraction of sp³-hybridized carbons (Fsp3) is 0.917. The van der Waals surface area contributed by atoms with Gasteiger partial charge in [0, 0.05) is 18.6 Å². The van der Waals surface area contributed by atoms with Gasteiger partial charge in [-0.15, -0.1) is 0 Å². The number of primary amides is 1. The maximum absolute atomic E-state index is 11.6. The molecule has 0 aromatic heterocycles. The lowest BCUT2D eigenvalue weighted by Gasteiger charge is -2.40. The van der Waals surface area contributed by atoms with Gasteiger partial charge >= 0.3 is 0 Å². The Labute approximate surface area is 98.6 Å². The van der Waals surface area contributed by atoms with Gasteiger partial charge in [0.05, 0.1) is 0 Å². The van der Waals surface area contributed by atoms with Gasteiger partial charge in [-0.3, -0.25) is 4.79 Å². The van der Waals surface area contributed by atoms with Crippen molar-refractivity contribution in [3.05, 3.63) is 0 Å². The van der Waals surface area contributed by atoms with E-state index in [1.165, 1.54) is 19.3 Å². The van der Waals surface area contributed by atoms with Crippen molar-refractivity contribution in [3.63, 3.8) is 0 Å². The Morgan fingerprint density at radius 2 is 2.12 bits per heavy atom. The smallest absolute Gasteiger partial charge is 0.238 e. The molecule has 1 fully saturated rings. The standard InChI is InChI=1S/C12H25N3O/c1-9(2)14-12(3,11(13)16)8-15(4)10-6-5-7-10/h9-10,14H,5-8H2,1-4H3,(H2,13,16). The van der Waals surface area contributed by atoms with E-state index in [9.17, 15) is 4.79 Å². The van der Waals surface area contributed by atoms with E-state index in [0.29, 0.717) is 12.6 Å². The van der Waals surface area contributed by atoms with Gasteiger partial charge in [0.15, 0.2) is 0 Å². The zero-order chi connectivity index (χ0) is 12.3. The number of likely N-dealkylation sites (N-methyl/N-ethyl adjacent to an activating group) is 1. The highest BCUT2D eigenvalue weighted by Crippen LogP contribution is 2.24. The first-order chi connectivity index (χ1) is 7.35. The van der Waals surface area contributed by atoms with Crippen LogP contribution in [0.1, 0.15) is 40.0 Å². The Morgan fingerprint density at radius 3 is 2.44 bits per heavy atom. The predicted octanol–water partition coefficient (Wildman–Crippen LogP) is 0.713. The van der Waals surface area contributed by atoms with Crippen LogP contribution in [-0.2, 0) is 4.79 Å². The number of carbonyl (C=O) groups is 1. The van der Waals surface area contributed by atoms with Gasteiger partial charge in [-0.2, -0.15) is 0 Å². The zero-order valence-corrected chi connectivity index (χ0v) is 10.9. The Morgan fingerprint density at radius 1 is 1.56 bits per heavy atom. The molecule has 1 unspecified atom stereocenters. The molecule has 1 saturated carbocycles. The van der Waals surface area contributed by atoms with Crippen LogP contribution < -0.4 is 11.1 Å². The van der Waals surface area contributed by atoms with Gasteiger partial charge in [0.1, 0.15) is 5.54 Å². The van der Waals surface area contributed by atoms with Gasteiger partial charge in [0.2, 0.25) is 5.91 Å². The zero-order valence-electron chi connectivity index (χ0n) is 10.9. The quantitative estimate of drug-likeness (QED) is 0.703. The minimum Gasteiger partial charge on any atom is -0.368 e. The van der Waals surface area contributed by atoms with Crippen LogP contribution in [0.15, 0.2) is 0 Å². The van der Waals surface area contributed by atoms with E-state index < -0.39 is 5.54 Å². The van der Waals surface area contributed by atoms with Crippen LogP contribution in [0.25, 0.3) is 0 Å². The van der Waals surface area contributed by atoms with Gasteiger partial charge in [-0.05, 0) is 40.7 Å². The third-order valence-corrected chi connectivity index (χ3v) is 3.41. The van der Waals surface area contributed by atoms with Crippen molar-refractivity contribution in [3.8, 4) is 0 Å². The second-order valence-corrected chi connectivity index (χ2v) is 5.50. The van der Waals surface area contributed by atoms with Gasteiger partial charge < -0.3 is 16.0 Å². The summed E-state index contributed by atoms with van der Waals surface area (Å²) in [7, 11) is 2.08. The van der Waals surface area contributed by atoms with Crippen LogP contribution >= 0.6 is 0 Å². The molecule has 1 aliphatic carbocycles. The van der Waals surface area contributed by atoms with E-state index in [0.717, 1.165) is 0 Å². The van der Waals surface area contributed by atoms with Crippen molar-refractivity contribution in [1.82, 2.24) is 10.2 Å². The van der Waals surface area contributed by atoms with Crippen molar-refractivity contribution in [2.45, 2.75) is 57.7 Å². The molecule has 0 heterocycles. The molecule has 0 bridgehead atoms.